The van der Waals surface area contributed by atoms with Gasteiger partial charge >= 0.3 is 0 Å². The standard InChI is InChI=1S/C17H20N2O3S/c1-11-13(3)23-17(18-11)19-16(21)5-4-10-22-15-8-6-14(7-9-15)12(2)20/h6-9H,4-5,10H2,1-3H3,(H,18,19,21). The summed E-state index contributed by atoms with van der Waals surface area (Å²) < 4.78 is 5.56. The van der Waals surface area contributed by atoms with E-state index in [2.05, 4.69) is 10.3 Å². The van der Waals surface area contributed by atoms with Crippen LogP contribution in [0, 0.1) is 13.8 Å². The van der Waals surface area contributed by atoms with Gasteiger partial charge in [0.2, 0.25) is 5.91 Å². The zero-order chi connectivity index (χ0) is 16.8. The summed E-state index contributed by atoms with van der Waals surface area (Å²) in [6, 6.07) is 6.99. The lowest BCUT2D eigenvalue weighted by molar-refractivity contribution is -0.116. The topological polar surface area (TPSA) is 68.3 Å². The van der Waals surface area contributed by atoms with Crippen molar-refractivity contribution in [3.8, 4) is 5.75 Å². The number of aromatic nitrogens is 1. The maximum absolute atomic E-state index is 11.8. The second-order valence-electron chi connectivity index (χ2n) is 5.24. The number of benzene rings is 1. The molecule has 122 valence electrons. The van der Waals surface area contributed by atoms with Gasteiger partial charge in [-0.25, -0.2) is 4.98 Å². The molecule has 0 bridgehead atoms. The van der Waals surface area contributed by atoms with E-state index in [0.717, 1.165) is 10.6 Å². The third-order valence-corrected chi connectivity index (χ3v) is 4.34. The molecule has 1 heterocycles. The minimum atomic E-state index is -0.0609. The molecule has 1 amide bonds. The summed E-state index contributed by atoms with van der Waals surface area (Å²) in [6.07, 6.45) is 0.993. The summed E-state index contributed by atoms with van der Waals surface area (Å²) in [5.74, 6) is 0.664. The molecule has 23 heavy (non-hydrogen) atoms. The van der Waals surface area contributed by atoms with Gasteiger partial charge in [-0.2, -0.15) is 0 Å². The number of nitrogens with zero attached hydrogens (tertiary/aromatic N) is 1. The van der Waals surface area contributed by atoms with Crippen LogP contribution in [-0.2, 0) is 4.79 Å². The minimum Gasteiger partial charge on any atom is -0.494 e. The highest BCUT2D eigenvalue weighted by atomic mass is 32.1. The Hall–Kier alpha value is -2.21. The minimum absolute atomic E-state index is 0.0286. The van der Waals surface area contributed by atoms with Crippen molar-refractivity contribution in [3.63, 3.8) is 0 Å². The number of hydrogen-bond donors (Lipinski definition) is 1. The molecule has 0 saturated carbocycles. The van der Waals surface area contributed by atoms with Crippen molar-refractivity contribution in [2.75, 3.05) is 11.9 Å². The summed E-state index contributed by atoms with van der Waals surface area (Å²) in [7, 11) is 0. The molecule has 1 aromatic carbocycles. The van der Waals surface area contributed by atoms with Gasteiger partial charge in [0, 0.05) is 16.9 Å². The van der Waals surface area contributed by atoms with E-state index < -0.39 is 0 Å². The highest BCUT2D eigenvalue weighted by Gasteiger charge is 2.08. The first-order valence-electron chi connectivity index (χ1n) is 7.43. The third kappa shape index (κ3) is 5.17. The second-order valence-corrected chi connectivity index (χ2v) is 6.44. The quantitative estimate of drug-likeness (QED) is 0.619. The van der Waals surface area contributed by atoms with Gasteiger partial charge in [0.25, 0.3) is 0 Å². The van der Waals surface area contributed by atoms with Crippen LogP contribution in [0.15, 0.2) is 24.3 Å². The van der Waals surface area contributed by atoms with Crippen molar-refractivity contribution in [1.29, 1.82) is 0 Å². The van der Waals surface area contributed by atoms with E-state index >= 15 is 0 Å². The van der Waals surface area contributed by atoms with Crippen molar-refractivity contribution < 1.29 is 14.3 Å². The summed E-state index contributed by atoms with van der Waals surface area (Å²) in [5.41, 5.74) is 1.61. The molecule has 6 heteroatoms. The zero-order valence-corrected chi connectivity index (χ0v) is 14.3. The SMILES string of the molecule is CC(=O)c1ccc(OCCCC(=O)Nc2nc(C)c(C)s2)cc1. The van der Waals surface area contributed by atoms with Crippen molar-refractivity contribution in [2.24, 2.45) is 0 Å². The highest BCUT2D eigenvalue weighted by molar-refractivity contribution is 7.15. The first-order valence-corrected chi connectivity index (χ1v) is 8.25. The van der Waals surface area contributed by atoms with Crippen LogP contribution in [0.25, 0.3) is 0 Å². The fourth-order valence-electron chi connectivity index (χ4n) is 1.92. The number of ketones is 1. The molecule has 0 atom stereocenters. The molecule has 2 aromatic rings. The van der Waals surface area contributed by atoms with E-state index in [1.165, 1.54) is 18.3 Å². The van der Waals surface area contributed by atoms with Crippen LogP contribution in [0.3, 0.4) is 0 Å². The number of anilines is 1. The molecule has 1 N–H and O–H groups in total. The number of rotatable bonds is 7. The van der Waals surface area contributed by atoms with Crippen LogP contribution in [0.5, 0.6) is 5.75 Å². The largest absolute Gasteiger partial charge is 0.494 e. The van der Waals surface area contributed by atoms with Gasteiger partial charge in [0.05, 0.1) is 12.3 Å². The van der Waals surface area contributed by atoms with Crippen LogP contribution in [0.4, 0.5) is 5.13 Å². The van der Waals surface area contributed by atoms with E-state index in [-0.39, 0.29) is 11.7 Å². The fraction of sp³-hybridized carbons (Fsp3) is 0.353. The zero-order valence-electron chi connectivity index (χ0n) is 13.5. The fourth-order valence-corrected chi connectivity index (χ4v) is 2.75. The predicted molar refractivity (Wildman–Crippen MR) is 91.4 cm³/mol. The number of thiazole rings is 1. The number of amides is 1. The van der Waals surface area contributed by atoms with Crippen molar-refractivity contribution >= 4 is 28.2 Å². The number of carbonyl (C=O) groups is 2. The maximum atomic E-state index is 11.8. The number of aryl methyl sites for hydroxylation is 2. The van der Waals surface area contributed by atoms with E-state index in [1.807, 2.05) is 13.8 Å². The van der Waals surface area contributed by atoms with Crippen LogP contribution >= 0.6 is 11.3 Å². The van der Waals surface area contributed by atoms with Crippen LogP contribution in [-0.4, -0.2) is 23.3 Å². The normalized spacial score (nSPS) is 10.4. The molecular formula is C17H20N2O3S. The molecule has 0 radical (unpaired) electrons. The first kappa shape index (κ1) is 17.1. The van der Waals surface area contributed by atoms with Crippen molar-refractivity contribution in [2.45, 2.75) is 33.6 Å². The van der Waals surface area contributed by atoms with Gasteiger partial charge in [0.1, 0.15) is 5.75 Å². The lowest BCUT2D eigenvalue weighted by Gasteiger charge is -2.06. The molecule has 5 nitrogen and oxygen atoms in total. The molecule has 0 aliphatic heterocycles. The lowest BCUT2D eigenvalue weighted by Crippen LogP contribution is -2.12. The Morgan fingerprint density at radius 3 is 2.48 bits per heavy atom. The number of carbonyl (C=O) groups excluding carboxylic acids is 2. The first-order chi connectivity index (χ1) is 11.0. The molecule has 0 unspecified atom stereocenters. The third-order valence-electron chi connectivity index (χ3n) is 3.35. The van der Waals surface area contributed by atoms with Gasteiger partial charge in [-0.3, -0.25) is 9.59 Å². The summed E-state index contributed by atoms with van der Waals surface area (Å²) in [6.45, 7) is 5.88. The molecule has 0 aliphatic rings. The average Bonchev–Trinajstić information content (AvgIpc) is 2.82. The molecule has 0 spiro atoms. The maximum Gasteiger partial charge on any atom is 0.226 e. The van der Waals surface area contributed by atoms with Crippen molar-refractivity contribution in [3.05, 3.63) is 40.4 Å². The molecule has 1 aromatic heterocycles. The molecule has 0 fully saturated rings. The molecule has 0 saturated heterocycles. The Kier molecular flexibility index (Phi) is 5.87. The average molecular weight is 332 g/mol. The van der Waals surface area contributed by atoms with Crippen molar-refractivity contribution in [1.82, 2.24) is 4.98 Å². The van der Waals surface area contributed by atoms with Gasteiger partial charge < -0.3 is 10.1 Å². The van der Waals surface area contributed by atoms with E-state index in [1.54, 1.807) is 24.3 Å². The van der Waals surface area contributed by atoms with E-state index in [9.17, 15) is 9.59 Å². The van der Waals surface area contributed by atoms with Gasteiger partial charge in [-0.1, -0.05) is 0 Å². The van der Waals surface area contributed by atoms with Crippen LogP contribution < -0.4 is 10.1 Å². The Balaban J connectivity index is 1.70. The highest BCUT2D eigenvalue weighted by Crippen LogP contribution is 2.21. The number of nitrogens with one attached hydrogen (secondary N) is 1. The monoisotopic (exact) mass is 332 g/mol. The Labute approximate surface area is 139 Å². The number of ether oxygens (including phenoxy) is 1. The van der Waals surface area contributed by atoms with E-state index in [0.29, 0.717) is 35.9 Å². The molecule has 2 rings (SSSR count). The summed E-state index contributed by atoms with van der Waals surface area (Å²) in [5, 5.41) is 3.44. The van der Waals surface area contributed by atoms with Gasteiger partial charge in [0.15, 0.2) is 10.9 Å². The summed E-state index contributed by atoms with van der Waals surface area (Å²) >= 11 is 1.48. The second kappa shape index (κ2) is 7.87. The number of hydrogen-bond acceptors (Lipinski definition) is 5. The van der Waals surface area contributed by atoms with Gasteiger partial charge in [-0.15, -0.1) is 11.3 Å². The molecular weight excluding hydrogens is 312 g/mol. The Morgan fingerprint density at radius 1 is 1.22 bits per heavy atom. The van der Waals surface area contributed by atoms with Crippen LogP contribution in [0.2, 0.25) is 0 Å². The smallest absolute Gasteiger partial charge is 0.226 e. The van der Waals surface area contributed by atoms with Gasteiger partial charge in [-0.05, 0) is 51.5 Å². The lowest BCUT2D eigenvalue weighted by atomic mass is 10.1. The molecule has 0 aliphatic carbocycles. The Morgan fingerprint density at radius 2 is 1.91 bits per heavy atom. The number of Topliss-reactive ketones (excluding diaryl/α,β-unsaturated/α-hetero) is 1. The van der Waals surface area contributed by atoms with Crippen LogP contribution in [0.1, 0.15) is 40.7 Å². The predicted octanol–water partition coefficient (Wildman–Crippen LogP) is 3.76. The summed E-state index contributed by atoms with van der Waals surface area (Å²) in [4.78, 5) is 28.4. The van der Waals surface area contributed by atoms with E-state index in [4.69, 9.17) is 4.74 Å². The Bertz CT molecular complexity index is 673.